The zero-order valence-electron chi connectivity index (χ0n) is 17.5. The Hall–Kier alpha value is -3.60. The summed E-state index contributed by atoms with van der Waals surface area (Å²) in [6.07, 6.45) is 4.95. The van der Waals surface area contributed by atoms with Gasteiger partial charge in [-0.25, -0.2) is 4.98 Å². The molecular weight excluding hydrogens is 386 g/mol. The molecule has 5 nitrogen and oxygen atoms in total. The number of pyridine rings is 1. The van der Waals surface area contributed by atoms with Gasteiger partial charge in [0.1, 0.15) is 22.9 Å². The van der Waals surface area contributed by atoms with E-state index in [1.54, 1.807) is 0 Å². The van der Waals surface area contributed by atoms with Crippen molar-refractivity contribution in [2.75, 3.05) is 5.32 Å². The highest BCUT2D eigenvalue weighted by Crippen LogP contribution is 2.37. The van der Waals surface area contributed by atoms with Gasteiger partial charge in [0.2, 0.25) is 0 Å². The van der Waals surface area contributed by atoms with E-state index in [2.05, 4.69) is 40.9 Å². The van der Waals surface area contributed by atoms with E-state index in [4.69, 9.17) is 9.72 Å². The summed E-state index contributed by atoms with van der Waals surface area (Å²) >= 11 is 0. The third-order valence-electron chi connectivity index (χ3n) is 5.88. The van der Waals surface area contributed by atoms with Crippen LogP contribution in [0.5, 0.6) is 5.75 Å². The molecule has 1 N–H and O–H groups in total. The lowest BCUT2D eigenvalue weighted by Gasteiger charge is -2.23. The second-order valence-corrected chi connectivity index (χ2v) is 8.13. The summed E-state index contributed by atoms with van der Waals surface area (Å²) in [5.74, 6) is 1.32. The largest absolute Gasteiger partial charge is 0.426 e. The van der Waals surface area contributed by atoms with E-state index < -0.39 is 0 Å². The molecule has 2 aromatic carbocycles. The Balaban J connectivity index is 1.55. The summed E-state index contributed by atoms with van der Waals surface area (Å²) < 4.78 is 7.88. The number of esters is 1. The first-order valence-electron chi connectivity index (χ1n) is 10.8. The molecule has 0 bridgehead atoms. The molecule has 1 saturated carbocycles. The fourth-order valence-electron chi connectivity index (χ4n) is 3.87. The lowest BCUT2D eigenvalue weighted by atomic mass is 9.86. The van der Waals surface area contributed by atoms with E-state index in [-0.39, 0.29) is 11.9 Å². The molecule has 0 saturated heterocycles. The zero-order chi connectivity index (χ0) is 21.2. The summed E-state index contributed by atoms with van der Waals surface area (Å²) in [4.78, 5) is 17.4. The number of anilines is 1. The van der Waals surface area contributed by atoms with Gasteiger partial charge in [0.15, 0.2) is 0 Å². The van der Waals surface area contributed by atoms with Gasteiger partial charge < -0.3 is 10.1 Å². The summed E-state index contributed by atoms with van der Waals surface area (Å²) in [6, 6.07) is 22.0. The smallest absolute Gasteiger partial charge is 0.314 e. The van der Waals surface area contributed by atoms with Crippen LogP contribution in [0.4, 0.5) is 5.82 Å². The Labute approximate surface area is 181 Å². The fourth-order valence-corrected chi connectivity index (χ4v) is 3.87. The molecule has 5 heteroatoms. The van der Waals surface area contributed by atoms with Crippen LogP contribution in [0.15, 0.2) is 72.9 Å². The van der Waals surface area contributed by atoms with Gasteiger partial charge in [0.05, 0.1) is 5.92 Å². The Morgan fingerprint density at radius 2 is 1.87 bits per heavy atom. The van der Waals surface area contributed by atoms with Crippen molar-refractivity contribution in [3.8, 4) is 17.0 Å². The number of benzene rings is 2. The summed E-state index contributed by atoms with van der Waals surface area (Å²) in [7, 11) is 0. The van der Waals surface area contributed by atoms with Crippen LogP contribution in [0.2, 0.25) is 0 Å². The maximum Gasteiger partial charge on any atom is 0.314 e. The van der Waals surface area contributed by atoms with Gasteiger partial charge in [0.25, 0.3) is 0 Å². The average Bonchev–Trinajstić information content (AvgIpc) is 3.09. The average molecular weight is 412 g/mol. The van der Waals surface area contributed by atoms with Gasteiger partial charge in [-0.1, -0.05) is 48.9 Å². The molecule has 0 aliphatic heterocycles. The molecule has 1 aliphatic carbocycles. The van der Waals surface area contributed by atoms with Crippen LogP contribution in [-0.2, 0) is 11.3 Å². The maximum absolute atomic E-state index is 12.5. The van der Waals surface area contributed by atoms with Crippen LogP contribution < -0.4 is 10.1 Å². The quantitative estimate of drug-likeness (QED) is 0.330. The van der Waals surface area contributed by atoms with Gasteiger partial charge in [-0.05, 0) is 55.2 Å². The first-order valence-corrected chi connectivity index (χ1v) is 10.8. The number of nitrogens with zero attached hydrogens (tertiary/aromatic N) is 2. The first-order chi connectivity index (χ1) is 15.2. The molecule has 4 aromatic rings. The van der Waals surface area contributed by atoms with Gasteiger partial charge in [-0.15, -0.1) is 0 Å². The molecule has 1 aliphatic rings. The molecule has 5 rings (SSSR count). The van der Waals surface area contributed by atoms with E-state index >= 15 is 0 Å². The monoisotopic (exact) mass is 411 g/mol. The number of aromatic nitrogens is 2. The van der Waals surface area contributed by atoms with E-state index in [1.807, 2.05) is 48.7 Å². The standard InChI is InChI=1S/C26H25N3O2/c1-18-14-15-29-23(16-18)28-24(25(29)27-17-19-8-3-2-4-9-19)21-12-5-6-13-22(21)31-26(30)20-10-7-11-20/h2-6,8-9,12-16,20,27H,7,10-11,17H2,1H3. The number of aryl methyl sites for hydroxylation is 1. The molecule has 0 unspecified atom stereocenters. The van der Waals surface area contributed by atoms with E-state index in [0.717, 1.165) is 47.5 Å². The van der Waals surface area contributed by atoms with Gasteiger partial charge in [-0.2, -0.15) is 0 Å². The van der Waals surface area contributed by atoms with Crippen molar-refractivity contribution in [3.05, 3.63) is 84.1 Å². The van der Waals surface area contributed by atoms with E-state index in [1.165, 1.54) is 5.56 Å². The Bertz CT molecular complexity index is 1230. The van der Waals surface area contributed by atoms with E-state index in [9.17, 15) is 4.79 Å². The highest BCUT2D eigenvalue weighted by atomic mass is 16.5. The van der Waals surface area contributed by atoms with Crippen LogP contribution in [0.1, 0.15) is 30.4 Å². The second kappa shape index (κ2) is 8.26. The van der Waals surface area contributed by atoms with Crippen molar-refractivity contribution in [1.82, 2.24) is 9.38 Å². The number of nitrogens with one attached hydrogen (secondary N) is 1. The molecule has 0 atom stereocenters. The van der Waals surface area contributed by atoms with Gasteiger partial charge in [0, 0.05) is 18.3 Å². The number of imidazole rings is 1. The maximum atomic E-state index is 12.5. The number of para-hydroxylation sites is 1. The molecular formula is C26H25N3O2. The van der Waals surface area contributed by atoms with Crippen molar-refractivity contribution in [2.45, 2.75) is 32.7 Å². The second-order valence-electron chi connectivity index (χ2n) is 8.13. The fraction of sp³-hybridized carbons (Fsp3) is 0.231. The van der Waals surface area contributed by atoms with Crippen molar-refractivity contribution >= 4 is 17.4 Å². The van der Waals surface area contributed by atoms with Gasteiger partial charge in [-0.3, -0.25) is 9.20 Å². The van der Waals surface area contributed by atoms with Crippen LogP contribution in [-0.4, -0.2) is 15.4 Å². The summed E-state index contributed by atoms with van der Waals surface area (Å²) in [5.41, 5.74) is 4.76. The molecule has 2 heterocycles. The third kappa shape index (κ3) is 3.91. The molecule has 31 heavy (non-hydrogen) atoms. The molecule has 2 aromatic heterocycles. The number of ether oxygens (including phenoxy) is 1. The minimum absolute atomic E-state index is 0.0208. The molecule has 0 radical (unpaired) electrons. The first kappa shape index (κ1) is 19.4. The van der Waals surface area contributed by atoms with Crippen LogP contribution in [0, 0.1) is 12.8 Å². The highest BCUT2D eigenvalue weighted by Gasteiger charge is 2.28. The van der Waals surface area contributed by atoms with Crippen molar-refractivity contribution in [3.63, 3.8) is 0 Å². The van der Waals surface area contributed by atoms with E-state index in [0.29, 0.717) is 12.3 Å². The molecule has 0 spiro atoms. The zero-order valence-corrected chi connectivity index (χ0v) is 17.5. The predicted octanol–water partition coefficient (Wildman–Crippen LogP) is 5.63. The number of carbonyl (C=O) groups excluding carboxylic acids is 1. The number of rotatable bonds is 6. The Kier molecular flexibility index (Phi) is 5.16. The Morgan fingerprint density at radius 1 is 1.10 bits per heavy atom. The topological polar surface area (TPSA) is 55.6 Å². The van der Waals surface area contributed by atoms with Crippen LogP contribution >= 0.6 is 0 Å². The molecule has 0 amide bonds. The minimum Gasteiger partial charge on any atom is -0.426 e. The normalized spacial score (nSPS) is 13.7. The van der Waals surface area contributed by atoms with Crippen molar-refractivity contribution < 1.29 is 9.53 Å². The third-order valence-corrected chi connectivity index (χ3v) is 5.88. The predicted molar refractivity (Wildman–Crippen MR) is 122 cm³/mol. The Morgan fingerprint density at radius 3 is 2.65 bits per heavy atom. The highest BCUT2D eigenvalue weighted by molar-refractivity contribution is 5.84. The van der Waals surface area contributed by atoms with Crippen LogP contribution in [0.25, 0.3) is 16.9 Å². The summed E-state index contributed by atoms with van der Waals surface area (Å²) in [6.45, 7) is 2.72. The lowest BCUT2D eigenvalue weighted by Crippen LogP contribution is -2.26. The van der Waals surface area contributed by atoms with Crippen molar-refractivity contribution in [2.24, 2.45) is 5.92 Å². The number of hydrogen-bond acceptors (Lipinski definition) is 4. The number of hydrogen-bond donors (Lipinski definition) is 1. The van der Waals surface area contributed by atoms with Crippen LogP contribution in [0.3, 0.4) is 0 Å². The number of carbonyl (C=O) groups is 1. The lowest BCUT2D eigenvalue weighted by molar-refractivity contribution is -0.141. The molecule has 1 fully saturated rings. The summed E-state index contributed by atoms with van der Waals surface area (Å²) in [5, 5.41) is 3.56. The SMILES string of the molecule is Cc1ccn2c(NCc3ccccc3)c(-c3ccccc3OC(=O)C3CCC3)nc2c1. The van der Waals surface area contributed by atoms with Crippen molar-refractivity contribution in [1.29, 1.82) is 0 Å². The number of fused-ring (bicyclic) bond motifs is 1. The van der Waals surface area contributed by atoms with Gasteiger partial charge >= 0.3 is 5.97 Å². The molecule has 156 valence electrons. The minimum atomic E-state index is -0.142.